The third-order valence-electron chi connectivity index (χ3n) is 2.87. The SMILES string of the molecule is CC(C)Cc1nc(Cc2ccc(Br)cc2)nc(N)c1I. The zero-order valence-corrected chi connectivity index (χ0v) is 15.3. The summed E-state index contributed by atoms with van der Waals surface area (Å²) in [5.41, 5.74) is 8.25. The van der Waals surface area contributed by atoms with Crippen LogP contribution in [0.15, 0.2) is 28.7 Å². The minimum Gasteiger partial charge on any atom is -0.383 e. The Morgan fingerprint density at radius 3 is 2.45 bits per heavy atom. The molecule has 0 atom stereocenters. The number of nitrogens with zero attached hydrogens (tertiary/aromatic N) is 2. The van der Waals surface area contributed by atoms with Crippen molar-refractivity contribution in [3.8, 4) is 0 Å². The highest BCUT2D eigenvalue weighted by molar-refractivity contribution is 14.1. The smallest absolute Gasteiger partial charge is 0.140 e. The van der Waals surface area contributed by atoms with Crippen molar-refractivity contribution >= 4 is 44.3 Å². The first-order valence-corrected chi connectivity index (χ1v) is 8.38. The average Bonchev–Trinajstić information content (AvgIpc) is 2.37. The van der Waals surface area contributed by atoms with Gasteiger partial charge in [-0.15, -0.1) is 0 Å². The highest BCUT2D eigenvalue weighted by atomic mass is 127. The molecule has 2 aromatic rings. The molecule has 2 N–H and O–H groups in total. The second-order valence-corrected chi connectivity index (χ2v) is 7.18. The van der Waals surface area contributed by atoms with Crippen LogP contribution in [0, 0.1) is 9.49 Å². The van der Waals surface area contributed by atoms with Gasteiger partial charge in [-0.25, -0.2) is 9.97 Å². The molecule has 1 heterocycles. The molecule has 0 radical (unpaired) electrons. The van der Waals surface area contributed by atoms with E-state index in [-0.39, 0.29) is 0 Å². The molecule has 3 nitrogen and oxygen atoms in total. The summed E-state index contributed by atoms with van der Waals surface area (Å²) in [6.07, 6.45) is 1.64. The molecule has 0 amide bonds. The maximum atomic E-state index is 6.01. The summed E-state index contributed by atoms with van der Waals surface area (Å²) in [5, 5.41) is 0. The molecule has 0 aliphatic carbocycles. The summed E-state index contributed by atoms with van der Waals surface area (Å²) in [7, 11) is 0. The van der Waals surface area contributed by atoms with Crippen molar-refractivity contribution < 1.29 is 0 Å². The van der Waals surface area contributed by atoms with Gasteiger partial charge in [-0.05, 0) is 52.6 Å². The van der Waals surface area contributed by atoms with Crippen molar-refractivity contribution in [3.05, 3.63) is 49.4 Å². The first-order valence-electron chi connectivity index (χ1n) is 6.51. The van der Waals surface area contributed by atoms with E-state index in [4.69, 9.17) is 5.73 Å². The van der Waals surface area contributed by atoms with Gasteiger partial charge in [-0.2, -0.15) is 0 Å². The van der Waals surface area contributed by atoms with Crippen LogP contribution in [0.2, 0.25) is 0 Å². The number of anilines is 1. The van der Waals surface area contributed by atoms with Crippen molar-refractivity contribution in [2.75, 3.05) is 5.73 Å². The molecule has 5 heteroatoms. The van der Waals surface area contributed by atoms with Crippen molar-refractivity contribution in [1.29, 1.82) is 0 Å². The van der Waals surface area contributed by atoms with Crippen molar-refractivity contribution in [2.24, 2.45) is 5.92 Å². The molecule has 0 bridgehead atoms. The zero-order valence-electron chi connectivity index (χ0n) is 11.5. The quantitative estimate of drug-likeness (QED) is 0.717. The molecule has 106 valence electrons. The minimum absolute atomic E-state index is 0.554. The molecule has 1 aromatic heterocycles. The van der Waals surface area contributed by atoms with Gasteiger partial charge >= 0.3 is 0 Å². The molecular formula is C15H17BrIN3. The molecule has 0 aliphatic heterocycles. The van der Waals surface area contributed by atoms with Crippen molar-refractivity contribution in [1.82, 2.24) is 9.97 Å². The topological polar surface area (TPSA) is 51.8 Å². The molecule has 0 aliphatic rings. The first-order chi connectivity index (χ1) is 9.45. The van der Waals surface area contributed by atoms with E-state index in [2.05, 4.69) is 74.5 Å². The van der Waals surface area contributed by atoms with E-state index in [0.717, 1.165) is 26.0 Å². The Bertz CT molecular complexity index is 597. The molecule has 1 aromatic carbocycles. The van der Waals surface area contributed by atoms with Crippen LogP contribution in [-0.4, -0.2) is 9.97 Å². The van der Waals surface area contributed by atoms with Gasteiger partial charge in [-0.1, -0.05) is 41.9 Å². The Balaban J connectivity index is 2.27. The fourth-order valence-corrected chi connectivity index (χ4v) is 2.68. The highest BCUT2D eigenvalue weighted by Crippen LogP contribution is 2.20. The van der Waals surface area contributed by atoms with Gasteiger partial charge in [0.05, 0.1) is 9.26 Å². The van der Waals surface area contributed by atoms with Gasteiger partial charge in [0.1, 0.15) is 11.6 Å². The van der Waals surface area contributed by atoms with Gasteiger partial charge < -0.3 is 5.73 Å². The van der Waals surface area contributed by atoms with Gasteiger partial charge in [0.15, 0.2) is 0 Å². The van der Waals surface area contributed by atoms with E-state index in [9.17, 15) is 0 Å². The summed E-state index contributed by atoms with van der Waals surface area (Å²) >= 11 is 5.67. The summed E-state index contributed by atoms with van der Waals surface area (Å²) in [6, 6.07) is 8.20. The fourth-order valence-electron chi connectivity index (χ4n) is 1.95. The lowest BCUT2D eigenvalue weighted by Gasteiger charge is -2.11. The summed E-state index contributed by atoms with van der Waals surface area (Å²) in [4.78, 5) is 9.09. The second-order valence-electron chi connectivity index (χ2n) is 5.19. The predicted octanol–water partition coefficient (Wildman–Crippen LogP) is 4.22. The zero-order chi connectivity index (χ0) is 14.7. The third kappa shape index (κ3) is 4.15. The molecule has 0 spiro atoms. The maximum Gasteiger partial charge on any atom is 0.140 e. The van der Waals surface area contributed by atoms with E-state index in [0.29, 0.717) is 18.2 Å². The average molecular weight is 446 g/mol. The van der Waals surface area contributed by atoms with E-state index >= 15 is 0 Å². The first kappa shape index (κ1) is 15.7. The molecule has 0 fully saturated rings. The highest BCUT2D eigenvalue weighted by Gasteiger charge is 2.11. The van der Waals surface area contributed by atoms with Crippen LogP contribution >= 0.6 is 38.5 Å². The lowest BCUT2D eigenvalue weighted by Crippen LogP contribution is -2.10. The number of nitrogen functional groups attached to an aromatic ring is 1. The molecule has 2 rings (SSSR count). The molecule has 0 saturated heterocycles. The lowest BCUT2D eigenvalue weighted by molar-refractivity contribution is 0.629. The lowest BCUT2D eigenvalue weighted by atomic mass is 10.1. The third-order valence-corrected chi connectivity index (χ3v) is 4.57. The van der Waals surface area contributed by atoms with Crippen molar-refractivity contribution in [2.45, 2.75) is 26.7 Å². The number of hydrogen-bond donors (Lipinski definition) is 1. The minimum atomic E-state index is 0.554. The molecule has 20 heavy (non-hydrogen) atoms. The maximum absolute atomic E-state index is 6.01. The Hall–Kier alpha value is -0.690. The molecule has 0 unspecified atom stereocenters. The fraction of sp³-hybridized carbons (Fsp3) is 0.333. The normalized spacial score (nSPS) is 11.1. The van der Waals surface area contributed by atoms with Gasteiger partial charge in [-0.3, -0.25) is 0 Å². The van der Waals surface area contributed by atoms with E-state index in [1.54, 1.807) is 0 Å². The van der Waals surface area contributed by atoms with Crippen LogP contribution < -0.4 is 5.73 Å². The summed E-state index contributed by atoms with van der Waals surface area (Å²) in [5.74, 6) is 1.93. The Morgan fingerprint density at radius 2 is 1.85 bits per heavy atom. The van der Waals surface area contributed by atoms with E-state index < -0.39 is 0 Å². The van der Waals surface area contributed by atoms with Crippen LogP contribution in [0.3, 0.4) is 0 Å². The molecular weight excluding hydrogens is 429 g/mol. The van der Waals surface area contributed by atoms with E-state index in [1.807, 2.05) is 12.1 Å². The van der Waals surface area contributed by atoms with Crippen LogP contribution in [0.4, 0.5) is 5.82 Å². The Morgan fingerprint density at radius 1 is 1.20 bits per heavy atom. The largest absolute Gasteiger partial charge is 0.383 e. The Kier molecular flexibility index (Phi) is 5.37. The van der Waals surface area contributed by atoms with Crippen molar-refractivity contribution in [3.63, 3.8) is 0 Å². The Labute approximate surface area is 141 Å². The van der Waals surface area contributed by atoms with Crippen LogP contribution in [0.25, 0.3) is 0 Å². The standard InChI is InChI=1S/C15H17BrIN3/c1-9(2)7-12-14(17)15(18)20-13(19-12)8-10-3-5-11(16)6-4-10/h3-6,9H,7-8H2,1-2H3,(H2,18,19,20). The van der Waals surface area contributed by atoms with Crippen LogP contribution in [-0.2, 0) is 12.8 Å². The van der Waals surface area contributed by atoms with E-state index in [1.165, 1.54) is 5.56 Å². The summed E-state index contributed by atoms with van der Waals surface area (Å²) < 4.78 is 2.06. The number of rotatable bonds is 4. The van der Waals surface area contributed by atoms with Gasteiger partial charge in [0.2, 0.25) is 0 Å². The second kappa shape index (κ2) is 6.85. The predicted molar refractivity (Wildman–Crippen MR) is 94.7 cm³/mol. The van der Waals surface area contributed by atoms with Gasteiger partial charge in [0, 0.05) is 10.9 Å². The van der Waals surface area contributed by atoms with Gasteiger partial charge in [0.25, 0.3) is 0 Å². The van der Waals surface area contributed by atoms with Crippen LogP contribution in [0.5, 0.6) is 0 Å². The summed E-state index contributed by atoms with van der Waals surface area (Å²) in [6.45, 7) is 4.37. The number of halogens is 2. The number of benzene rings is 1. The number of hydrogen-bond acceptors (Lipinski definition) is 3. The molecule has 0 saturated carbocycles. The number of aromatic nitrogens is 2. The monoisotopic (exact) mass is 445 g/mol. The van der Waals surface area contributed by atoms with Crippen LogP contribution in [0.1, 0.15) is 30.9 Å². The number of nitrogens with two attached hydrogens (primary N) is 1.